The van der Waals surface area contributed by atoms with Gasteiger partial charge in [-0.25, -0.2) is 4.79 Å². The van der Waals surface area contributed by atoms with E-state index in [2.05, 4.69) is 40.1 Å². The molecule has 7 aliphatic heterocycles. The van der Waals surface area contributed by atoms with E-state index in [1.54, 1.807) is 48.6 Å². The Hall–Kier alpha value is -6.74. The molecule has 0 N–H and O–H groups in total. The molecular weight excluding hydrogens is 903 g/mol. The summed E-state index contributed by atoms with van der Waals surface area (Å²) in [5, 5.41) is 10.8. The number of benzene rings is 3. The topological polar surface area (TPSA) is 171 Å². The Morgan fingerprint density at radius 1 is 0.986 bits per heavy atom. The molecule has 4 aromatic rings. The Bertz CT molecular complexity index is 2850. The zero-order chi connectivity index (χ0) is 48.5. The predicted molar refractivity (Wildman–Crippen MR) is 253 cm³/mol. The van der Waals surface area contributed by atoms with Gasteiger partial charge in [0.25, 0.3) is 5.91 Å². The number of carbonyl (C=O) groups excluding carboxylic acids is 3. The first-order valence-electron chi connectivity index (χ1n) is 22.9. The molecule has 11 rings (SSSR count). The van der Waals surface area contributed by atoms with Crippen molar-refractivity contribution in [2.24, 2.45) is 0 Å². The van der Waals surface area contributed by atoms with Gasteiger partial charge in [-0.15, -0.1) is 11.8 Å². The summed E-state index contributed by atoms with van der Waals surface area (Å²) in [5.74, 6) is 1.39. The molecule has 1 aromatic heterocycles. The van der Waals surface area contributed by atoms with Crippen LogP contribution in [0, 0.1) is 25.2 Å². The van der Waals surface area contributed by atoms with Crippen molar-refractivity contribution in [3.05, 3.63) is 118 Å². The van der Waals surface area contributed by atoms with E-state index in [-0.39, 0.29) is 45.0 Å². The summed E-state index contributed by atoms with van der Waals surface area (Å²) >= 11 is 1.42. The van der Waals surface area contributed by atoms with Crippen molar-refractivity contribution < 1.29 is 52.3 Å². The van der Waals surface area contributed by atoms with Gasteiger partial charge in [-0.2, -0.15) is 5.26 Å². The molecule has 358 valence electrons. The number of piperazine rings is 1. The average molecular weight is 956 g/mol. The van der Waals surface area contributed by atoms with Gasteiger partial charge in [0.1, 0.15) is 31.6 Å². The molecule has 3 aromatic carbocycles. The van der Waals surface area contributed by atoms with E-state index < -0.39 is 52.8 Å². The largest absolute Gasteiger partial charge is 0.493 e. The number of aryl methyl sites for hydroxylation is 1. The van der Waals surface area contributed by atoms with E-state index in [1.807, 2.05) is 27.0 Å². The lowest BCUT2D eigenvalue weighted by atomic mass is 9.71. The number of hydrogen-bond acceptors (Lipinski definition) is 16. The number of nitriles is 1. The van der Waals surface area contributed by atoms with Gasteiger partial charge in [0.05, 0.1) is 43.2 Å². The van der Waals surface area contributed by atoms with Crippen molar-refractivity contribution in [3.63, 3.8) is 0 Å². The minimum atomic E-state index is -1.77. The minimum absolute atomic E-state index is 0.0616. The number of hydrogen-bond donors (Lipinski definition) is 0. The van der Waals surface area contributed by atoms with Gasteiger partial charge in [0.15, 0.2) is 40.0 Å². The van der Waals surface area contributed by atoms with Crippen molar-refractivity contribution in [2.45, 2.75) is 74.6 Å². The minimum Gasteiger partial charge on any atom is -0.493 e. The highest BCUT2D eigenvalue weighted by molar-refractivity contribution is 7.99. The van der Waals surface area contributed by atoms with Crippen LogP contribution in [-0.2, 0) is 32.7 Å². The third-order valence-electron chi connectivity index (χ3n) is 14.5. The molecular formula is C52H53N5O11S. The second-order valence-electron chi connectivity index (χ2n) is 18.0. The summed E-state index contributed by atoms with van der Waals surface area (Å²) < 4.78 is 50.3. The number of carbonyl (C=O) groups is 3. The summed E-state index contributed by atoms with van der Waals surface area (Å²) in [5.41, 5.74) is 4.39. The van der Waals surface area contributed by atoms with Crippen molar-refractivity contribution in [1.29, 1.82) is 5.26 Å². The van der Waals surface area contributed by atoms with Crippen LogP contribution in [0.1, 0.15) is 79.1 Å². The molecule has 2 saturated heterocycles. The number of pyridine rings is 1. The van der Waals surface area contributed by atoms with Crippen LogP contribution in [0.3, 0.4) is 0 Å². The zero-order valence-corrected chi connectivity index (χ0v) is 40.2. The Morgan fingerprint density at radius 3 is 2.48 bits per heavy atom. The molecule has 0 unspecified atom stereocenters. The second-order valence-corrected chi connectivity index (χ2v) is 19.1. The number of likely N-dealkylation sites (N-methyl/N-ethyl adjacent to an activating group) is 1. The number of rotatable bonds is 10. The van der Waals surface area contributed by atoms with E-state index in [1.165, 1.54) is 32.0 Å². The summed E-state index contributed by atoms with van der Waals surface area (Å²) in [6.07, 6.45) is 7.29. The monoisotopic (exact) mass is 955 g/mol. The maximum absolute atomic E-state index is 15.8. The number of methoxy groups -OCH3 is 2. The number of esters is 2. The van der Waals surface area contributed by atoms with Gasteiger partial charge in [-0.3, -0.25) is 24.4 Å². The van der Waals surface area contributed by atoms with Crippen LogP contribution < -0.4 is 33.2 Å². The number of nitrogens with zero attached hydrogens (tertiary/aromatic N) is 5. The lowest BCUT2D eigenvalue weighted by molar-refractivity contribution is -0.162. The van der Waals surface area contributed by atoms with Crippen LogP contribution in [-0.4, -0.2) is 116 Å². The Labute approximate surface area is 404 Å². The highest BCUT2D eigenvalue weighted by Crippen LogP contribution is 2.65. The van der Waals surface area contributed by atoms with Crippen LogP contribution >= 0.6 is 11.8 Å². The van der Waals surface area contributed by atoms with E-state index in [0.717, 1.165) is 22.3 Å². The third kappa shape index (κ3) is 7.00. The molecule has 16 nitrogen and oxygen atoms in total. The van der Waals surface area contributed by atoms with Crippen LogP contribution in [0.4, 0.5) is 0 Å². The summed E-state index contributed by atoms with van der Waals surface area (Å²) in [4.78, 5) is 54.6. The number of amides is 1. The van der Waals surface area contributed by atoms with E-state index in [9.17, 15) is 10.1 Å². The number of ether oxygens (including phenoxy) is 8. The van der Waals surface area contributed by atoms with Crippen LogP contribution in [0.15, 0.2) is 68.0 Å². The smallest absolute Gasteiger partial charge is 0.337 e. The van der Waals surface area contributed by atoms with E-state index in [4.69, 9.17) is 37.9 Å². The molecule has 1 amide bonds. The molecule has 7 aliphatic rings. The highest BCUT2D eigenvalue weighted by atomic mass is 32.2. The first-order chi connectivity index (χ1) is 33.4. The fraction of sp³-hybridized carbons (Fsp3) is 0.404. The molecule has 0 aliphatic carbocycles. The second kappa shape index (κ2) is 18.0. The molecule has 0 radical (unpaired) electrons. The molecule has 2 fully saturated rings. The van der Waals surface area contributed by atoms with Crippen molar-refractivity contribution in [3.8, 4) is 46.3 Å². The normalized spacial score (nSPS) is 25.2. The number of thioether (sulfide) groups is 1. The van der Waals surface area contributed by atoms with Gasteiger partial charge in [0, 0.05) is 66.0 Å². The maximum atomic E-state index is 15.8. The first-order valence-corrected chi connectivity index (χ1v) is 23.9. The van der Waals surface area contributed by atoms with Gasteiger partial charge < -0.3 is 42.8 Å². The summed E-state index contributed by atoms with van der Waals surface area (Å²) in [6.45, 7) is 13.1. The van der Waals surface area contributed by atoms with Crippen molar-refractivity contribution >= 4 is 29.6 Å². The predicted octanol–water partition coefficient (Wildman–Crippen LogP) is 6.65. The third-order valence-corrected chi connectivity index (χ3v) is 15.9. The Morgan fingerprint density at radius 2 is 1.77 bits per heavy atom. The molecule has 1 spiro atoms. The Kier molecular flexibility index (Phi) is 12.0. The maximum Gasteiger partial charge on any atom is 0.337 e. The molecule has 4 bridgehead atoms. The fourth-order valence-electron chi connectivity index (χ4n) is 11.7. The zero-order valence-electron chi connectivity index (χ0n) is 39.4. The summed E-state index contributed by atoms with van der Waals surface area (Å²) in [6, 6.07) is 8.81. The standard InChI is InChI=1S/C52H53N5O11S/c1-9-16-63-38-20-30-13-15-56(50(59)31-12-11-14-54-23-31)52(33(30)21-37(38)61-7)25-69-49-41-40(48-46(66-26-67-48)28(4)45(41)68-29(5)58)36(24-65-51(52)60)57-35(22-53)34-19-32-18-27(3)44(62-8)47(64-17-10-2)39(32)42(43(49)57)55(34)6/h9-12,14,18,20-21,23,34-36,42-43,49H,1-2,13,15-17,19,24-26H2,3-8H3/t34-,35-,36+,42+,43+,49+,52+/m0/s1. The van der Waals surface area contributed by atoms with Crippen LogP contribution in [0.5, 0.6) is 40.2 Å². The molecule has 7 atom stereocenters. The highest BCUT2D eigenvalue weighted by Gasteiger charge is 2.63. The quantitative estimate of drug-likeness (QED) is 0.0939. The van der Waals surface area contributed by atoms with Gasteiger partial charge in [0.2, 0.25) is 6.79 Å². The van der Waals surface area contributed by atoms with Gasteiger partial charge in [-0.05, 0) is 80.3 Å². The SMILES string of the molecule is C=CCOc1cc2c(cc1OC)[C@@]1(CS[C@@H]3c4c(OC(C)=O)c(C)c5c(c4[C@@H](COC1=O)N1[C@@H]3[C@H]3c4c(cc(C)c(OC)c4OCC=C)C[C@@H]([C@@H]1C#N)N3C)OCO5)N(C(=O)c1cccnc1)CC2. The molecule has 69 heavy (non-hydrogen) atoms. The molecule has 17 heteroatoms. The van der Waals surface area contributed by atoms with Crippen LogP contribution in [0.25, 0.3) is 0 Å². The van der Waals surface area contributed by atoms with E-state index >= 15 is 9.59 Å². The van der Waals surface area contributed by atoms with Gasteiger partial charge >= 0.3 is 11.9 Å². The average Bonchev–Trinajstić information content (AvgIpc) is 3.85. The molecule has 0 saturated carbocycles. The fourth-order valence-corrected chi connectivity index (χ4v) is 13.5. The van der Waals surface area contributed by atoms with Crippen LogP contribution in [0.2, 0.25) is 0 Å². The Balaban J connectivity index is 1.27. The first kappa shape index (κ1) is 46.0. The summed E-state index contributed by atoms with van der Waals surface area (Å²) in [7, 11) is 5.18. The lowest BCUT2D eigenvalue weighted by Gasteiger charge is -2.62. The lowest BCUT2D eigenvalue weighted by Crippen LogP contribution is -2.69. The molecule has 8 heterocycles. The number of fused-ring (bicyclic) bond motifs is 9. The number of aromatic nitrogens is 1. The van der Waals surface area contributed by atoms with Crippen molar-refractivity contribution in [1.82, 2.24) is 19.7 Å². The van der Waals surface area contributed by atoms with Gasteiger partial charge in [-0.1, -0.05) is 31.4 Å². The van der Waals surface area contributed by atoms with E-state index in [0.29, 0.717) is 80.9 Å². The van der Waals surface area contributed by atoms with Crippen molar-refractivity contribution in [2.75, 3.05) is 60.2 Å².